The van der Waals surface area contributed by atoms with Gasteiger partial charge in [-0.3, -0.25) is 19.5 Å². The van der Waals surface area contributed by atoms with Gasteiger partial charge in [0.25, 0.3) is 5.56 Å². The summed E-state index contributed by atoms with van der Waals surface area (Å²) >= 11 is 0. The summed E-state index contributed by atoms with van der Waals surface area (Å²) in [5.74, 6) is -0.109. The van der Waals surface area contributed by atoms with Crippen LogP contribution in [0.25, 0.3) is 6.08 Å². The molecule has 3 aliphatic heterocycles. The molecular formula is C26H32N4O3. The summed E-state index contributed by atoms with van der Waals surface area (Å²) in [7, 11) is 0. The number of piperidine rings is 1. The SMILES string of the molecule is C/C=C/c1ccc2n(c1=O)C[C@@H]1[C@@H](CO)[C@H](C(=O)N3CCCCC3)N(Cc3ccccn3)[C@H]21. The third-order valence-electron chi connectivity index (χ3n) is 7.56. The molecule has 33 heavy (non-hydrogen) atoms. The van der Waals surface area contributed by atoms with Gasteiger partial charge >= 0.3 is 0 Å². The number of aliphatic hydroxyl groups excluding tert-OH is 1. The summed E-state index contributed by atoms with van der Waals surface area (Å²) in [4.78, 5) is 35.6. The first-order valence-electron chi connectivity index (χ1n) is 12.1. The van der Waals surface area contributed by atoms with E-state index in [-0.39, 0.29) is 36.0 Å². The van der Waals surface area contributed by atoms with Crippen molar-refractivity contribution >= 4 is 12.0 Å². The highest BCUT2D eigenvalue weighted by atomic mass is 16.3. The summed E-state index contributed by atoms with van der Waals surface area (Å²) in [5.41, 5.74) is 2.48. The normalized spacial score (nSPS) is 27.2. The minimum Gasteiger partial charge on any atom is -0.396 e. The average molecular weight is 449 g/mol. The first kappa shape index (κ1) is 22.0. The average Bonchev–Trinajstić information content (AvgIpc) is 3.37. The van der Waals surface area contributed by atoms with Crippen molar-refractivity contribution in [2.75, 3.05) is 19.7 Å². The maximum atomic E-state index is 13.8. The van der Waals surface area contributed by atoms with Crippen molar-refractivity contribution in [2.45, 2.75) is 51.4 Å². The number of hydrogen-bond donors (Lipinski definition) is 1. The first-order valence-corrected chi connectivity index (χ1v) is 12.1. The molecule has 3 aliphatic rings. The lowest BCUT2D eigenvalue weighted by atomic mass is 9.88. The topological polar surface area (TPSA) is 78.7 Å². The van der Waals surface area contributed by atoms with Crippen LogP contribution in [-0.4, -0.2) is 56.1 Å². The van der Waals surface area contributed by atoms with Gasteiger partial charge in [0, 0.05) is 62.1 Å². The van der Waals surface area contributed by atoms with Crippen LogP contribution in [0.5, 0.6) is 0 Å². The van der Waals surface area contributed by atoms with Crippen molar-refractivity contribution in [2.24, 2.45) is 11.8 Å². The number of hydrogen-bond acceptors (Lipinski definition) is 5. The number of carbonyl (C=O) groups is 1. The largest absolute Gasteiger partial charge is 0.396 e. The van der Waals surface area contributed by atoms with Crippen molar-refractivity contribution in [1.82, 2.24) is 19.4 Å². The number of pyridine rings is 2. The predicted molar refractivity (Wildman–Crippen MR) is 126 cm³/mol. The van der Waals surface area contributed by atoms with Crippen molar-refractivity contribution in [3.8, 4) is 0 Å². The van der Waals surface area contributed by atoms with Crippen LogP contribution in [0, 0.1) is 11.8 Å². The van der Waals surface area contributed by atoms with E-state index in [9.17, 15) is 14.7 Å². The van der Waals surface area contributed by atoms with E-state index >= 15 is 0 Å². The van der Waals surface area contributed by atoms with Gasteiger partial charge in [0.05, 0.1) is 17.8 Å². The number of carbonyl (C=O) groups excluding carboxylic acids is 1. The second kappa shape index (κ2) is 9.23. The van der Waals surface area contributed by atoms with Crippen molar-refractivity contribution in [3.63, 3.8) is 0 Å². The maximum absolute atomic E-state index is 13.8. The third-order valence-corrected chi connectivity index (χ3v) is 7.56. The Hall–Kier alpha value is -2.77. The van der Waals surface area contributed by atoms with Gasteiger partial charge in [-0.2, -0.15) is 0 Å². The molecule has 4 atom stereocenters. The Morgan fingerprint density at radius 3 is 2.70 bits per heavy atom. The van der Waals surface area contributed by atoms with Crippen molar-refractivity contribution in [3.05, 3.63) is 69.9 Å². The minimum atomic E-state index is -0.413. The molecule has 174 valence electrons. The van der Waals surface area contributed by atoms with Crippen LogP contribution in [0.1, 0.15) is 49.2 Å². The molecule has 2 aromatic heterocycles. The number of nitrogens with zero attached hydrogens (tertiary/aromatic N) is 4. The van der Waals surface area contributed by atoms with Gasteiger partial charge < -0.3 is 14.6 Å². The summed E-state index contributed by atoms with van der Waals surface area (Å²) in [6, 6.07) is 9.20. The van der Waals surface area contributed by atoms with Gasteiger partial charge in [0.1, 0.15) is 0 Å². The molecule has 0 bridgehead atoms. The maximum Gasteiger partial charge on any atom is 0.258 e. The number of rotatable bonds is 5. The fourth-order valence-corrected chi connectivity index (χ4v) is 6.07. The van der Waals surface area contributed by atoms with E-state index in [1.54, 1.807) is 6.20 Å². The Kier molecular flexibility index (Phi) is 6.17. The van der Waals surface area contributed by atoms with Crippen molar-refractivity contribution < 1.29 is 9.90 Å². The highest BCUT2D eigenvalue weighted by molar-refractivity contribution is 5.83. The number of allylic oxidation sites excluding steroid dienone is 1. The summed E-state index contributed by atoms with van der Waals surface area (Å²) in [6.45, 7) is 4.42. The Bertz CT molecular complexity index is 1090. The number of aliphatic hydroxyl groups is 1. The Labute approximate surface area is 194 Å². The molecule has 7 heteroatoms. The molecule has 0 unspecified atom stereocenters. The zero-order valence-electron chi connectivity index (χ0n) is 19.1. The summed E-state index contributed by atoms with van der Waals surface area (Å²) in [5, 5.41) is 10.5. The Morgan fingerprint density at radius 1 is 1.18 bits per heavy atom. The van der Waals surface area contributed by atoms with Crippen molar-refractivity contribution in [1.29, 1.82) is 0 Å². The number of likely N-dealkylation sites (tertiary alicyclic amines) is 2. The van der Waals surface area contributed by atoms with E-state index in [1.165, 1.54) is 0 Å². The molecule has 2 saturated heterocycles. The predicted octanol–water partition coefficient (Wildman–Crippen LogP) is 2.45. The summed E-state index contributed by atoms with van der Waals surface area (Å²) in [6.07, 6.45) is 8.69. The molecule has 0 aliphatic carbocycles. The van der Waals surface area contributed by atoms with Crippen LogP contribution in [0.4, 0.5) is 0 Å². The molecule has 0 spiro atoms. The zero-order valence-corrected chi connectivity index (χ0v) is 19.1. The fourth-order valence-electron chi connectivity index (χ4n) is 6.07. The number of fused-ring (bicyclic) bond motifs is 3. The second-order valence-corrected chi connectivity index (χ2v) is 9.41. The summed E-state index contributed by atoms with van der Waals surface area (Å²) < 4.78 is 1.85. The number of aromatic nitrogens is 2. The van der Waals surface area contributed by atoms with Gasteiger partial charge in [-0.25, -0.2) is 0 Å². The van der Waals surface area contributed by atoms with E-state index in [2.05, 4.69) is 9.88 Å². The first-order chi connectivity index (χ1) is 16.1. The van der Waals surface area contributed by atoms with E-state index in [4.69, 9.17) is 0 Å². The van der Waals surface area contributed by atoms with Crippen LogP contribution < -0.4 is 5.56 Å². The molecule has 0 aromatic carbocycles. The van der Waals surface area contributed by atoms with Crippen LogP contribution in [0.2, 0.25) is 0 Å². The van der Waals surface area contributed by atoms with Crippen LogP contribution >= 0.6 is 0 Å². The van der Waals surface area contributed by atoms with Crippen LogP contribution in [0.15, 0.2) is 47.4 Å². The lowest BCUT2D eigenvalue weighted by Gasteiger charge is -2.36. The Balaban J connectivity index is 1.57. The lowest BCUT2D eigenvalue weighted by molar-refractivity contribution is -0.139. The molecular weight excluding hydrogens is 416 g/mol. The quantitative estimate of drug-likeness (QED) is 0.760. The minimum absolute atomic E-state index is 0.00556. The monoisotopic (exact) mass is 448 g/mol. The van der Waals surface area contributed by atoms with Gasteiger partial charge in [-0.1, -0.05) is 18.2 Å². The van der Waals surface area contributed by atoms with E-state index < -0.39 is 6.04 Å². The van der Waals surface area contributed by atoms with Gasteiger partial charge in [0.2, 0.25) is 5.91 Å². The molecule has 2 fully saturated rings. The molecule has 0 radical (unpaired) electrons. The molecule has 5 heterocycles. The van der Waals surface area contributed by atoms with E-state index in [0.29, 0.717) is 18.7 Å². The van der Waals surface area contributed by atoms with E-state index in [0.717, 1.165) is 43.7 Å². The molecule has 1 N–H and O–H groups in total. The third kappa shape index (κ3) is 3.83. The standard InChI is InChI=1S/C26H32N4O3/c1-2-8-18-10-11-22-23-20(16-29(22)25(18)32)21(17-31)24(26(33)28-13-6-3-7-14-28)30(23)15-19-9-4-5-12-27-19/h2,4-5,8-12,20-21,23-24,31H,3,6-7,13-17H2,1H3/b8-2+/t20-,21-,23+,24-/m1/s1. The lowest BCUT2D eigenvalue weighted by Crippen LogP contribution is -2.51. The molecule has 7 nitrogen and oxygen atoms in total. The van der Waals surface area contributed by atoms with Crippen LogP contribution in [0.3, 0.4) is 0 Å². The zero-order chi connectivity index (χ0) is 22.9. The molecule has 5 rings (SSSR count). The van der Waals surface area contributed by atoms with Gasteiger partial charge in [-0.05, 0) is 50.5 Å². The van der Waals surface area contributed by atoms with Gasteiger partial charge in [0.15, 0.2) is 0 Å². The fraction of sp³-hybridized carbons (Fsp3) is 0.500. The highest BCUT2D eigenvalue weighted by Crippen LogP contribution is 2.50. The molecule has 1 amide bonds. The van der Waals surface area contributed by atoms with E-state index in [1.807, 2.05) is 58.9 Å². The highest BCUT2D eigenvalue weighted by Gasteiger charge is 2.56. The Morgan fingerprint density at radius 2 is 2.00 bits per heavy atom. The molecule has 2 aromatic rings. The van der Waals surface area contributed by atoms with Crippen LogP contribution in [-0.2, 0) is 17.9 Å². The molecule has 0 saturated carbocycles. The smallest absolute Gasteiger partial charge is 0.258 e. The number of amides is 1. The van der Waals surface area contributed by atoms with Gasteiger partial charge in [-0.15, -0.1) is 0 Å². The second-order valence-electron chi connectivity index (χ2n) is 9.41.